The minimum Gasteiger partial charge on any atom is -0.387 e. The van der Waals surface area contributed by atoms with Gasteiger partial charge in [-0.1, -0.05) is 51.1 Å². The van der Waals surface area contributed by atoms with Crippen LogP contribution in [0.3, 0.4) is 0 Å². The smallest absolute Gasteiger partial charge is 0.107 e. The van der Waals surface area contributed by atoms with Gasteiger partial charge in [-0.15, -0.1) is 11.3 Å². The van der Waals surface area contributed by atoms with Gasteiger partial charge in [0.25, 0.3) is 0 Å². The highest BCUT2D eigenvalue weighted by Crippen LogP contribution is 2.23. The first-order chi connectivity index (χ1) is 9.47. The summed E-state index contributed by atoms with van der Waals surface area (Å²) in [6.07, 6.45) is -0.474. The number of hydrogen-bond acceptors (Lipinski definition) is 4. The highest BCUT2D eigenvalue weighted by atomic mass is 32.1. The first-order valence-electron chi connectivity index (χ1n) is 6.85. The molecule has 0 saturated carbocycles. The third-order valence-corrected chi connectivity index (χ3v) is 3.97. The first kappa shape index (κ1) is 15.2. The Kier molecular flexibility index (Phi) is 4.91. The standard InChI is InChI=1S/C16H22N2OS/c1-16(2,3)14-11-20-15(18-14)10-17-9-13(19)12-7-5-4-6-8-12/h4-8,11,13,17,19H,9-10H2,1-3H3. The summed E-state index contributed by atoms with van der Waals surface area (Å²) in [7, 11) is 0. The van der Waals surface area contributed by atoms with Gasteiger partial charge in [-0.25, -0.2) is 4.98 Å². The van der Waals surface area contributed by atoms with E-state index < -0.39 is 6.10 Å². The molecule has 2 N–H and O–H groups in total. The largest absolute Gasteiger partial charge is 0.387 e. The molecule has 0 aliphatic carbocycles. The molecule has 1 atom stereocenters. The highest BCUT2D eigenvalue weighted by molar-refractivity contribution is 7.09. The molecule has 2 aromatic rings. The quantitative estimate of drug-likeness (QED) is 0.888. The van der Waals surface area contributed by atoms with E-state index in [-0.39, 0.29) is 5.41 Å². The molecule has 0 bridgehead atoms. The van der Waals surface area contributed by atoms with Crippen molar-refractivity contribution in [3.63, 3.8) is 0 Å². The molecule has 0 radical (unpaired) electrons. The zero-order valence-electron chi connectivity index (χ0n) is 12.3. The number of aromatic nitrogens is 1. The van der Waals surface area contributed by atoms with Crippen LogP contribution in [0.1, 0.15) is 43.1 Å². The van der Waals surface area contributed by atoms with Gasteiger partial charge in [-0.2, -0.15) is 0 Å². The maximum absolute atomic E-state index is 10.1. The Morgan fingerprint density at radius 2 is 1.95 bits per heavy atom. The summed E-state index contributed by atoms with van der Waals surface area (Å²) < 4.78 is 0. The van der Waals surface area contributed by atoms with Crippen molar-refractivity contribution in [1.29, 1.82) is 0 Å². The second kappa shape index (κ2) is 6.48. The van der Waals surface area contributed by atoms with Crippen LogP contribution in [-0.4, -0.2) is 16.6 Å². The minimum absolute atomic E-state index is 0.0955. The molecule has 4 heteroatoms. The van der Waals surface area contributed by atoms with E-state index in [4.69, 9.17) is 0 Å². The second-order valence-electron chi connectivity index (χ2n) is 5.93. The van der Waals surface area contributed by atoms with Gasteiger partial charge in [0, 0.05) is 23.9 Å². The van der Waals surface area contributed by atoms with Crippen molar-refractivity contribution in [1.82, 2.24) is 10.3 Å². The fourth-order valence-electron chi connectivity index (χ4n) is 1.85. The fraction of sp³-hybridized carbons (Fsp3) is 0.438. The molecule has 0 spiro atoms. The van der Waals surface area contributed by atoms with Gasteiger partial charge in [-0.05, 0) is 5.56 Å². The first-order valence-corrected chi connectivity index (χ1v) is 7.73. The molecule has 0 amide bonds. The minimum atomic E-state index is -0.474. The summed E-state index contributed by atoms with van der Waals surface area (Å²) in [5, 5.41) is 16.5. The number of benzene rings is 1. The van der Waals surface area contributed by atoms with E-state index in [0.717, 1.165) is 16.3 Å². The van der Waals surface area contributed by atoms with Gasteiger partial charge in [0.05, 0.1) is 11.8 Å². The molecular formula is C16H22N2OS. The third-order valence-electron chi connectivity index (χ3n) is 3.12. The van der Waals surface area contributed by atoms with E-state index in [1.54, 1.807) is 11.3 Å². The Balaban J connectivity index is 1.83. The summed E-state index contributed by atoms with van der Waals surface area (Å²) >= 11 is 1.67. The predicted octanol–water partition coefficient (Wildman–Crippen LogP) is 3.26. The van der Waals surface area contributed by atoms with Crippen LogP contribution in [0.2, 0.25) is 0 Å². The maximum Gasteiger partial charge on any atom is 0.107 e. The third kappa shape index (κ3) is 4.13. The number of nitrogens with zero attached hydrogens (tertiary/aromatic N) is 1. The van der Waals surface area contributed by atoms with Crippen molar-refractivity contribution in [3.05, 3.63) is 52.0 Å². The molecule has 3 nitrogen and oxygen atoms in total. The Labute approximate surface area is 124 Å². The Bertz CT molecular complexity index is 531. The number of nitrogens with one attached hydrogen (secondary N) is 1. The Morgan fingerprint density at radius 3 is 2.55 bits per heavy atom. The average molecular weight is 290 g/mol. The van der Waals surface area contributed by atoms with Crippen LogP contribution >= 0.6 is 11.3 Å². The van der Waals surface area contributed by atoms with Crippen molar-refractivity contribution >= 4 is 11.3 Å². The van der Waals surface area contributed by atoms with Gasteiger partial charge < -0.3 is 10.4 Å². The van der Waals surface area contributed by atoms with Crippen molar-refractivity contribution in [2.24, 2.45) is 0 Å². The molecule has 2 rings (SSSR count). The van der Waals surface area contributed by atoms with Crippen LogP contribution in [0.15, 0.2) is 35.7 Å². The Morgan fingerprint density at radius 1 is 1.25 bits per heavy atom. The lowest BCUT2D eigenvalue weighted by Gasteiger charge is -2.14. The molecule has 0 aliphatic heterocycles. The molecule has 1 aromatic heterocycles. The van der Waals surface area contributed by atoms with Crippen molar-refractivity contribution in [2.45, 2.75) is 38.8 Å². The van der Waals surface area contributed by atoms with Gasteiger partial charge in [0.1, 0.15) is 5.01 Å². The van der Waals surface area contributed by atoms with E-state index in [1.165, 1.54) is 0 Å². The molecular weight excluding hydrogens is 268 g/mol. The van der Waals surface area contributed by atoms with Crippen LogP contribution in [0.4, 0.5) is 0 Å². The molecule has 1 unspecified atom stereocenters. The molecule has 20 heavy (non-hydrogen) atoms. The number of hydrogen-bond donors (Lipinski definition) is 2. The Hall–Kier alpha value is -1.23. The molecule has 0 fully saturated rings. The lowest BCUT2D eigenvalue weighted by Crippen LogP contribution is -2.21. The maximum atomic E-state index is 10.1. The predicted molar refractivity (Wildman–Crippen MR) is 83.9 cm³/mol. The molecule has 0 aliphatic rings. The molecule has 1 heterocycles. The molecule has 0 saturated heterocycles. The normalized spacial score (nSPS) is 13.4. The van der Waals surface area contributed by atoms with Gasteiger partial charge in [0.15, 0.2) is 0 Å². The highest BCUT2D eigenvalue weighted by Gasteiger charge is 2.17. The lowest BCUT2D eigenvalue weighted by atomic mass is 9.93. The van der Waals surface area contributed by atoms with E-state index >= 15 is 0 Å². The number of rotatable bonds is 5. The van der Waals surface area contributed by atoms with Crippen LogP contribution in [0.25, 0.3) is 0 Å². The van der Waals surface area contributed by atoms with Crippen molar-refractivity contribution in [2.75, 3.05) is 6.54 Å². The average Bonchev–Trinajstić information content (AvgIpc) is 2.88. The number of aliphatic hydroxyl groups is 1. The van der Waals surface area contributed by atoms with Gasteiger partial charge in [0.2, 0.25) is 0 Å². The van der Waals surface area contributed by atoms with E-state index in [0.29, 0.717) is 13.1 Å². The van der Waals surface area contributed by atoms with Crippen LogP contribution in [-0.2, 0) is 12.0 Å². The van der Waals surface area contributed by atoms with Crippen LogP contribution in [0.5, 0.6) is 0 Å². The summed E-state index contributed by atoms with van der Waals surface area (Å²) in [5.41, 5.74) is 2.16. The van der Waals surface area contributed by atoms with Gasteiger partial charge in [-0.3, -0.25) is 0 Å². The van der Waals surface area contributed by atoms with E-state index in [2.05, 4.69) is 36.5 Å². The topological polar surface area (TPSA) is 45.1 Å². The van der Waals surface area contributed by atoms with Crippen molar-refractivity contribution < 1.29 is 5.11 Å². The van der Waals surface area contributed by atoms with Crippen LogP contribution < -0.4 is 5.32 Å². The summed E-state index contributed by atoms with van der Waals surface area (Å²) in [5.74, 6) is 0. The number of aliphatic hydroxyl groups excluding tert-OH is 1. The lowest BCUT2D eigenvalue weighted by molar-refractivity contribution is 0.174. The summed E-state index contributed by atoms with van der Waals surface area (Å²) in [6, 6.07) is 9.71. The van der Waals surface area contributed by atoms with Crippen LogP contribution in [0, 0.1) is 0 Å². The number of thiazole rings is 1. The summed E-state index contributed by atoms with van der Waals surface area (Å²) in [6.45, 7) is 7.73. The molecule has 1 aromatic carbocycles. The van der Waals surface area contributed by atoms with Crippen molar-refractivity contribution in [3.8, 4) is 0 Å². The van der Waals surface area contributed by atoms with E-state index in [9.17, 15) is 5.11 Å². The second-order valence-corrected chi connectivity index (χ2v) is 6.88. The zero-order valence-corrected chi connectivity index (χ0v) is 13.1. The monoisotopic (exact) mass is 290 g/mol. The summed E-state index contributed by atoms with van der Waals surface area (Å²) in [4.78, 5) is 4.63. The van der Waals surface area contributed by atoms with Gasteiger partial charge >= 0.3 is 0 Å². The zero-order chi connectivity index (χ0) is 14.6. The van der Waals surface area contributed by atoms with E-state index in [1.807, 2.05) is 30.3 Å². The molecule has 108 valence electrons. The SMILES string of the molecule is CC(C)(C)c1csc(CNCC(O)c2ccccc2)n1. The fourth-order valence-corrected chi connectivity index (χ4v) is 2.84.